The van der Waals surface area contributed by atoms with Crippen LogP contribution in [0.5, 0.6) is 0 Å². The van der Waals surface area contributed by atoms with Gasteiger partial charge >= 0.3 is 35.9 Å². The van der Waals surface area contributed by atoms with Crippen LogP contribution in [0.4, 0.5) is 4.79 Å². The number of aliphatic hydroxyl groups excluding tert-OH is 2. The Kier molecular flexibility index (Phi) is 18.4. The first-order valence-electron chi connectivity index (χ1n) is 22.6. The molecule has 3 aromatic rings. The van der Waals surface area contributed by atoms with E-state index >= 15 is 0 Å². The molecule has 0 saturated carbocycles. The first-order valence-corrected chi connectivity index (χ1v) is 22.6. The van der Waals surface area contributed by atoms with Crippen LogP contribution in [-0.2, 0) is 76.1 Å². The highest BCUT2D eigenvalue weighted by molar-refractivity contribution is 5.98. The van der Waals surface area contributed by atoms with Gasteiger partial charge in [0.2, 0.25) is 5.91 Å². The topological polar surface area (TPSA) is 293 Å². The largest absolute Gasteiger partial charge is 0.463 e. The molecule has 3 aliphatic rings. The van der Waals surface area contributed by atoms with Gasteiger partial charge in [-0.2, -0.15) is 0 Å². The molecule has 2 heterocycles. The maximum atomic E-state index is 14.0. The average molecular weight is 993 g/mol. The third-order valence-corrected chi connectivity index (χ3v) is 11.6. The Hall–Kier alpha value is -6.82. The summed E-state index contributed by atoms with van der Waals surface area (Å²) in [7, 11) is 0. The van der Waals surface area contributed by atoms with E-state index in [9.17, 15) is 48.6 Å². The quantitative estimate of drug-likeness (QED) is 0.0756. The third kappa shape index (κ3) is 13.5. The zero-order chi connectivity index (χ0) is 51.5. The normalized spacial score (nSPS) is 25.4. The molecule has 2 aliphatic heterocycles. The minimum atomic E-state index is -1.90. The third-order valence-electron chi connectivity index (χ3n) is 11.6. The number of alkyl carbamates (subject to hydrolysis) is 1. The Morgan fingerprint density at radius 3 is 1.77 bits per heavy atom. The van der Waals surface area contributed by atoms with E-state index in [1.165, 1.54) is 19.1 Å². The van der Waals surface area contributed by atoms with Crippen molar-refractivity contribution in [3.05, 3.63) is 95.6 Å². The maximum absolute atomic E-state index is 14.0. The van der Waals surface area contributed by atoms with Crippen molar-refractivity contribution < 1.29 is 95.9 Å². The molecule has 2 amide bonds. The Morgan fingerprint density at radius 2 is 1.20 bits per heavy atom. The molecule has 0 aromatic heterocycles. The van der Waals surface area contributed by atoms with Gasteiger partial charge in [0, 0.05) is 46.1 Å². The van der Waals surface area contributed by atoms with Crippen molar-refractivity contribution in [3.63, 3.8) is 0 Å². The second-order valence-electron chi connectivity index (χ2n) is 16.8. The molecule has 6 rings (SSSR count). The monoisotopic (exact) mass is 992 g/mol. The number of amides is 2. The van der Waals surface area contributed by atoms with Gasteiger partial charge in [-0.15, -0.1) is 0 Å². The lowest BCUT2D eigenvalue weighted by Gasteiger charge is -2.49. The molecule has 3 aromatic carbocycles. The molecule has 1 aliphatic carbocycles. The molecule has 71 heavy (non-hydrogen) atoms. The van der Waals surface area contributed by atoms with E-state index in [2.05, 4.69) is 10.6 Å². The summed E-state index contributed by atoms with van der Waals surface area (Å²) < 4.78 is 57.4. The smallest absolute Gasteiger partial charge is 0.407 e. The van der Waals surface area contributed by atoms with Gasteiger partial charge in [0.25, 0.3) is 0 Å². The molecule has 0 radical (unpaired) electrons. The van der Waals surface area contributed by atoms with Crippen LogP contribution in [0.3, 0.4) is 0 Å². The van der Waals surface area contributed by atoms with Crippen molar-refractivity contribution in [2.24, 2.45) is 0 Å². The van der Waals surface area contributed by atoms with Crippen LogP contribution in [-0.4, -0.2) is 158 Å². The molecule has 0 spiro atoms. The number of carbonyl (C=O) groups excluding carboxylic acids is 8. The van der Waals surface area contributed by atoms with Crippen molar-refractivity contribution in [1.82, 2.24) is 10.6 Å². The molecule has 22 nitrogen and oxygen atoms in total. The number of ketones is 1. The number of benzene rings is 3. The minimum Gasteiger partial charge on any atom is -0.463 e. The number of ether oxygens (including phenoxy) is 10. The summed E-state index contributed by atoms with van der Waals surface area (Å²) in [5.41, 5.74) is 3.98. The number of carbonyl (C=O) groups is 8. The fraction of sp³-hybridized carbons (Fsp3) is 0.469. The van der Waals surface area contributed by atoms with E-state index in [1.54, 1.807) is 18.2 Å². The number of hydrogen-bond acceptors (Lipinski definition) is 20. The summed E-state index contributed by atoms with van der Waals surface area (Å²) in [5, 5.41) is 27.2. The van der Waals surface area contributed by atoms with E-state index in [1.807, 2.05) is 48.5 Å². The Bertz CT molecular complexity index is 2370. The van der Waals surface area contributed by atoms with Crippen molar-refractivity contribution in [2.75, 3.05) is 26.4 Å². The van der Waals surface area contributed by atoms with Crippen LogP contribution in [0, 0.1) is 0 Å². The highest BCUT2D eigenvalue weighted by Crippen LogP contribution is 2.44. The van der Waals surface area contributed by atoms with Crippen molar-refractivity contribution in [3.8, 4) is 11.1 Å². The van der Waals surface area contributed by atoms with Gasteiger partial charge < -0.3 is 68.2 Å². The molecular formula is C49H56N2O20. The molecule has 4 N–H and O–H groups in total. The van der Waals surface area contributed by atoms with Gasteiger partial charge in [0.05, 0.1) is 12.7 Å². The molecule has 2 saturated heterocycles. The lowest BCUT2D eigenvalue weighted by Crippen LogP contribution is -2.69. The number of aliphatic hydroxyl groups is 2. The number of Topliss-reactive ketones (excluding diaryl/α,β-unsaturated/α-hetero) is 1. The summed E-state index contributed by atoms with van der Waals surface area (Å²) in [6, 6.07) is 19.8. The van der Waals surface area contributed by atoms with Gasteiger partial charge in [-0.3, -0.25) is 28.8 Å². The first kappa shape index (κ1) is 53.5. The van der Waals surface area contributed by atoms with Crippen LogP contribution < -0.4 is 10.6 Å². The van der Waals surface area contributed by atoms with Crippen LogP contribution in [0.1, 0.15) is 68.9 Å². The van der Waals surface area contributed by atoms with E-state index in [4.69, 9.17) is 47.4 Å². The zero-order valence-corrected chi connectivity index (χ0v) is 39.6. The molecular weight excluding hydrogens is 937 g/mol. The Balaban J connectivity index is 1.29. The Morgan fingerprint density at radius 1 is 0.634 bits per heavy atom. The predicted octanol–water partition coefficient (Wildman–Crippen LogP) is 1.78. The van der Waals surface area contributed by atoms with Gasteiger partial charge in [-0.25, -0.2) is 9.59 Å². The summed E-state index contributed by atoms with van der Waals surface area (Å²) >= 11 is 0. The van der Waals surface area contributed by atoms with E-state index in [-0.39, 0.29) is 18.1 Å². The van der Waals surface area contributed by atoms with Crippen LogP contribution in [0.25, 0.3) is 11.1 Å². The number of rotatable bonds is 19. The van der Waals surface area contributed by atoms with Gasteiger partial charge in [-0.1, -0.05) is 78.9 Å². The molecule has 2 fully saturated rings. The van der Waals surface area contributed by atoms with Crippen molar-refractivity contribution in [2.45, 2.75) is 121 Å². The summed E-state index contributed by atoms with van der Waals surface area (Å²) in [5.74, 6) is -6.45. The fourth-order valence-corrected chi connectivity index (χ4v) is 8.55. The summed E-state index contributed by atoms with van der Waals surface area (Å²) in [6.07, 6.45) is -18.0. The van der Waals surface area contributed by atoms with E-state index in [0.717, 1.165) is 56.9 Å². The zero-order valence-electron chi connectivity index (χ0n) is 39.6. The van der Waals surface area contributed by atoms with Crippen LogP contribution in [0.2, 0.25) is 0 Å². The second kappa shape index (κ2) is 24.3. The maximum Gasteiger partial charge on any atom is 0.407 e. The average Bonchev–Trinajstić information content (AvgIpc) is 3.65. The van der Waals surface area contributed by atoms with E-state index < -0.39 is 141 Å². The lowest BCUT2D eigenvalue weighted by molar-refractivity contribution is -0.349. The highest BCUT2D eigenvalue weighted by Gasteiger charge is 2.56. The van der Waals surface area contributed by atoms with Crippen molar-refractivity contribution >= 4 is 47.6 Å². The standard InChI is InChI=1S/C49H56N2O20/c1-24(39(46(60)63-22-36(58)30-14-8-7-9-15-30)51-49(61)64-21-35-33-18-12-10-16-31(33)32-17-11-13-19-34(32)35)65-47-40(50-25(2)53)43(41(59)37(20-52)69-47)71-48-45(68-29(6)57)44(67-28(5)56)42(66-27(4)55)38(70-48)23-62-26(3)54/h7-19,24,35,37-45,47-48,52,59H,20-23H2,1-6H3,(H,50,53)(H,51,61)/t24-,37+,38+,39-,40+,41-,42-,43+,44-,45+,47-,48-/m0/s1. The lowest BCUT2D eigenvalue weighted by atomic mass is 9.95. The van der Waals surface area contributed by atoms with E-state index in [0.29, 0.717) is 0 Å². The Labute approximate surface area is 407 Å². The molecule has 382 valence electrons. The van der Waals surface area contributed by atoms with Gasteiger partial charge in [-0.05, 0) is 29.2 Å². The van der Waals surface area contributed by atoms with Crippen molar-refractivity contribution in [1.29, 1.82) is 0 Å². The predicted molar refractivity (Wildman–Crippen MR) is 240 cm³/mol. The minimum absolute atomic E-state index is 0.159. The molecule has 0 bridgehead atoms. The summed E-state index contributed by atoms with van der Waals surface area (Å²) in [4.78, 5) is 103. The van der Waals surface area contributed by atoms with Gasteiger partial charge in [0.15, 0.2) is 49.3 Å². The first-order chi connectivity index (χ1) is 33.9. The SMILES string of the molecule is CC(=O)N[C@H]1[C@@H](O[C@@H](C)[C@H](NC(=O)OCC2c3ccccc3-c3ccccc32)C(=O)OCC(=O)c2ccccc2)O[C@H](CO)[C@H](O)[C@@H]1O[C@@H]1O[C@H](COC(C)=O)[C@H](OC(C)=O)[C@H](OC(C)=O)[C@H]1OC(C)=O. The number of nitrogens with one attached hydrogen (secondary N) is 2. The number of hydrogen-bond donors (Lipinski definition) is 4. The molecule has 22 heteroatoms. The van der Waals surface area contributed by atoms with Crippen LogP contribution in [0.15, 0.2) is 78.9 Å². The number of fused-ring (bicyclic) bond motifs is 3. The summed E-state index contributed by atoms with van der Waals surface area (Å²) in [6.45, 7) is 4.09. The van der Waals surface area contributed by atoms with Gasteiger partial charge in [0.1, 0.15) is 43.7 Å². The molecule has 12 atom stereocenters. The fourth-order valence-electron chi connectivity index (χ4n) is 8.55. The number of esters is 5. The van der Waals surface area contributed by atoms with Crippen LogP contribution >= 0.6 is 0 Å². The highest BCUT2D eigenvalue weighted by atomic mass is 16.8. The second-order valence-corrected chi connectivity index (χ2v) is 16.8. The molecule has 0 unspecified atom stereocenters.